The summed E-state index contributed by atoms with van der Waals surface area (Å²) in [5, 5.41) is 18.1. The topological polar surface area (TPSA) is 100 Å². The van der Waals surface area contributed by atoms with Gasteiger partial charge in [-0.25, -0.2) is 9.97 Å². The molecule has 0 spiro atoms. The largest absolute Gasteiger partial charge is 0.481 e. The van der Waals surface area contributed by atoms with Gasteiger partial charge in [-0.05, 0) is 23.6 Å². The molecule has 0 atom stereocenters. The van der Waals surface area contributed by atoms with E-state index in [1.165, 1.54) is 0 Å². The third kappa shape index (κ3) is 3.79. The molecule has 0 saturated carbocycles. The van der Waals surface area contributed by atoms with E-state index in [1.54, 1.807) is 31.3 Å². The third-order valence-corrected chi connectivity index (χ3v) is 3.35. The lowest BCUT2D eigenvalue weighted by Gasteiger charge is -2.10. The minimum absolute atomic E-state index is 0.235. The van der Waals surface area contributed by atoms with Gasteiger partial charge in [0.25, 0.3) is 0 Å². The number of aryl methyl sites for hydroxylation is 1. The summed E-state index contributed by atoms with van der Waals surface area (Å²) < 4.78 is 0. The van der Waals surface area contributed by atoms with Crippen molar-refractivity contribution in [3.63, 3.8) is 0 Å². The summed E-state index contributed by atoms with van der Waals surface area (Å²) in [5.41, 5.74) is 2.11. The van der Waals surface area contributed by atoms with Crippen molar-refractivity contribution in [2.45, 2.75) is 19.8 Å². The van der Waals surface area contributed by atoms with Gasteiger partial charge in [0.1, 0.15) is 11.0 Å². The minimum atomic E-state index is -1.03. The summed E-state index contributed by atoms with van der Waals surface area (Å²) >= 11 is 6.08. The number of benzene rings is 1. The second-order valence-corrected chi connectivity index (χ2v) is 5.10. The maximum Gasteiger partial charge on any atom is 0.307 e. The Morgan fingerprint density at radius 1 is 1.14 bits per heavy atom. The van der Waals surface area contributed by atoms with Crippen LogP contribution < -0.4 is 0 Å². The predicted octanol–water partition coefficient (Wildman–Crippen LogP) is 2.36. The number of aliphatic carboxylic acids is 2. The van der Waals surface area contributed by atoms with Crippen molar-refractivity contribution < 1.29 is 19.8 Å². The van der Waals surface area contributed by atoms with Gasteiger partial charge in [-0.3, -0.25) is 9.59 Å². The number of carbonyl (C=O) groups is 2. The van der Waals surface area contributed by atoms with Crippen molar-refractivity contribution in [2.75, 3.05) is 0 Å². The van der Waals surface area contributed by atoms with Crippen LogP contribution in [0, 0.1) is 6.92 Å². The highest BCUT2D eigenvalue weighted by Crippen LogP contribution is 2.28. The van der Waals surface area contributed by atoms with Crippen molar-refractivity contribution in [1.29, 1.82) is 0 Å². The van der Waals surface area contributed by atoms with E-state index in [-0.39, 0.29) is 18.0 Å². The zero-order chi connectivity index (χ0) is 16.3. The van der Waals surface area contributed by atoms with Gasteiger partial charge in [0.2, 0.25) is 0 Å². The van der Waals surface area contributed by atoms with Crippen molar-refractivity contribution in [1.82, 2.24) is 9.97 Å². The fourth-order valence-corrected chi connectivity index (χ4v) is 2.37. The van der Waals surface area contributed by atoms with Crippen LogP contribution in [0.1, 0.15) is 17.0 Å². The van der Waals surface area contributed by atoms with Crippen LogP contribution in [-0.2, 0) is 22.4 Å². The molecule has 7 heteroatoms. The maximum atomic E-state index is 11.0. The van der Waals surface area contributed by atoms with Gasteiger partial charge in [-0.15, -0.1) is 0 Å². The number of halogens is 1. The van der Waals surface area contributed by atoms with E-state index in [0.717, 1.165) is 0 Å². The average Bonchev–Trinajstić information content (AvgIpc) is 2.40. The Kier molecular flexibility index (Phi) is 4.72. The lowest BCUT2D eigenvalue weighted by atomic mass is 9.97. The van der Waals surface area contributed by atoms with Crippen molar-refractivity contribution in [3.05, 3.63) is 46.5 Å². The highest BCUT2D eigenvalue weighted by atomic mass is 35.5. The first-order chi connectivity index (χ1) is 10.4. The molecule has 2 N–H and O–H groups in total. The summed E-state index contributed by atoms with van der Waals surface area (Å²) in [5.74, 6) is -1.52. The molecule has 0 bridgehead atoms. The number of carboxylic acid groups (broad SMARTS) is 2. The second kappa shape index (κ2) is 6.53. The molecular weight excluding hydrogens is 308 g/mol. The number of rotatable bonds is 5. The fourth-order valence-electron chi connectivity index (χ4n) is 2.09. The van der Waals surface area contributed by atoms with E-state index in [4.69, 9.17) is 21.8 Å². The molecule has 114 valence electrons. The van der Waals surface area contributed by atoms with Crippen LogP contribution in [0.3, 0.4) is 0 Å². The van der Waals surface area contributed by atoms with E-state index in [1.807, 2.05) is 0 Å². The number of hydrogen-bond acceptors (Lipinski definition) is 4. The molecule has 0 fully saturated rings. The van der Waals surface area contributed by atoms with Gasteiger partial charge in [0.05, 0.1) is 12.8 Å². The molecule has 0 radical (unpaired) electrons. The number of hydrogen-bond donors (Lipinski definition) is 2. The quantitative estimate of drug-likeness (QED) is 0.820. The monoisotopic (exact) mass is 320 g/mol. The molecule has 2 rings (SSSR count). The highest BCUT2D eigenvalue weighted by Gasteiger charge is 2.13. The molecule has 0 saturated heterocycles. The number of nitrogens with zero attached hydrogens (tertiary/aromatic N) is 2. The van der Waals surface area contributed by atoms with Gasteiger partial charge in [0.15, 0.2) is 0 Å². The van der Waals surface area contributed by atoms with Crippen molar-refractivity contribution >= 4 is 23.5 Å². The van der Waals surface area contributed by atoms with Gasteiger partial charge >= 0.3 is 11.9 Å². The Morgan fingerprint density at radius 3 is 2.36 bits per heavy atom. The van der Waals surface area contributed by atoms with Gasteiger partial charge in [0, 0.05) is 11.8 Å². The fraction of sp³-hybridized carbons (Fsp3) is 0.200. The molecule has 22 heavy (non-hydrogen) atoms. The van der Waals surface area contributed by atoms with Crippen LogP contribution in [-0.4, -0.2) is 32.1 Å². The highest BCUT2D eigenvalue weighted by molar-refractivity contribution is 6.32. The first-order valence-corrected chi connectivity index (χ1v) is 6.79. The summed E-state index contributed by atoms with van der Waals surface area (Å²) in [7, 11) is 0. The van der Waals surface area contributed by atoms with Crippen LogP contribution in [0.5, 0.6) is 0 Å². The number of carboxylic acids is 2. The first-order valence-electron chi connectivity index (χ1n) is 6.41. The van der Waals surface area contributed by atoms with Crippen molar-refractivity contribution in [2.24, 2.45) is 0 Å². The van der Waals surface area contributed by atoms with E-state index in [2.05, 4.69) is 9.97 Å². The average molecular weight is 321 g/mol. The summed E-state index contributed by atoms with van der Waals surface area (Å²) in [6, 6.07) is 4.90. The normalized spacial score (nSPS) is 10.5. The third-order valence-electron chi connectivity index (χ3n) is 3.06. The molecule has 6 nitrogen and oxygen atoms in total. The molecule has 0 unspecified atom stereocenters. The molecule has 1 heterocycles. The molecular formula is C15H13ClN2O4. The smallest absolute Gasteiger partial charge is 0.307 e. The Balaban J connectivity index is 2.49. The molecule has 0 aliphatic rings. The van der Waals surface area contributed by atoms with Gasteiger partial charge in [-0.1, -0.05) is 29.8 Å². The summed E-state index contributed by atoms with van der Waals surface area (Å²) in [6.45, 7) is 1.71. The Bertz CT molecular complexity index is 746. The first kappa shape index (κ1) is 15.9. The lowest BCUT2D eigenvalue weighted by molar-refractivity contribution is -0.137. The zero-order valence-electron chi connectivity index (χ0n) is 11.7. The Morgan fingerprint density at radius 2 is 1.77 bits per heavy atom. The maximum absolute atomic E-state index is 11.0. The molecule has 1 aromatic carbocycles. The van der Waals surface area contributed by atoms with Crippen LogP contribution in [0.25, 0.3) is 11.1 Å². The molecule has 0 aliphatic heterocycles. The van der Waals surface area contributed by atoms with Crippen LogP contribution in [0.2, 0.25) is 5.15 Å². The zero-order valence-corrected chi connectivity index (χ0v) is 12.5. The molecule has 0 amide bonds. The minimum Gasteiger partial charge on any atom is -0.481 e. The summed E-state index contributed by atoms with van der Waals surface area (Å²) in [4.78, 5) is 30.0. The Hall–Kier alpha value is -2.47. The molecule has 1 aromatic heterocycles. The molecule has 0 aliphatic carbocycles. The summed E-state index contributed by atoms with van der Waals surface area (Å²) in [6.07, 6.45) is 1.06. The SMILES string of the molecule is Cc1ncc(-c2ccc(CC(=O)O)c(CC(=O)O)c2)c(Cl)n1. The van der Waals surface area contributed by atoms with Crippen LogP contribution >= 0.6 is 11.6 Å². The number of aromatic nitrogens is 2. The van der Waals surface area contributed by atoms with Gasteiger partial charge in [-0.2, -0.15) is 0 Å². The van der Waals surface area contributed by atoms with Crippen LogP contribution in [0.4, 0.5) is 0 Å². The Labute approximate surface area is 131 Å². The molecule has 2 aromatic rings. The van der Waals surface area contributed by atoms with E-state index in [0.29, 0.717) is 28.1 Å². The standard InChI is InChI=1S/C15H13ClN2O4/c1-8-17-7-12(15(16)18-8)10-3-2-9(5-13(19)20)11(4-10)6-14(21)22/h2-4,7H,5-6H2,1H3,(H,19,20)(H,21,22). The van der Waals surface area contributed by atoms with Crippen molar-refractivity contribution in [3.8, 4) is 11.1 Å². The van der Waals surface area contributed by atoms with E-state index >= 15 is 0 Å². The van der Waals surface area contributed by atoms with Crippen LogP contribution in [0.15, 0.2) is 24.4 Å². The van der Waals surface area contributed by atoms with E-state index < -0.39 is 11.9 Å². The predicted molar refractivity (Wildman–Crippen MR) is 79.9 cm³/mol. The van der Waals surface area contributed by atoms with Gasteiger partial charge < -0.3 is 10.2 Å². The second-order valence-electron chi connectivity index (χ2n) is 4.75. The van der Waals surface area contributed by atoms with E-state index in [9.17, 15) is 9.59 Å². The lowest BCUT2D eigenvalue weighted by Crippen LogP contribution is -2.08.